The Kier molecular flexibility index (Phi) is 26.5. The van der Waals surface area contributed by atoms with Gasteiger partial charge in [0.25, 0.3) is 0 Å². The number of ether oxygens (including phenoxy) is 2. The Morgan fingerprint density at radius 2 is 0.905 bits per heavy atom. The number of rotatable bonds is 12. The van der Waals surface area contributed by atoms with Crippen LogP contribution >= 0.6 is 0 Å². The van der Waals surface area contributed by atoms with Crippen molar-refractivity contribution in [3.05, 3.63) is 65.8 Å². The van der Waals surface area contributed by atoms with Crippen LogP contribution in [0.2, 0.25) is 0 Å². The summed E-state index contributed by atoms with van der Waals surface area (Å²) >= 11 is 0. The number of urea groups is 1. The number of hydrogen-bond donors (Lipinski definition) is 6. The van der Waals surface area contributed by atoms with E-state index in [1.807, 2.05) is 39.0 Å². The Balaban J connectivity index is 0.000000141. The molecule has 0 unspecified atom stereocenters. The lowest BCUT2D eigenvalue weighted by Crippen LogP contribution is -2.46. The molecule has 9 N–H and O–H groups in total. The van der Waals surface area contributed by atoms with Gasteiger partial charge in [0, 0.05) is 72.6 Å². The molecule has 0 spiro atoms. The van der Waals surface area contributed by atoms with E-state index in [-0.39, 0.29) is 73.1 Å². The van der Waals surface area contributed by atoms with Crippen molar-refractivity contribution in [2.24, 2.45) is 63.8 Å². The van der Waals surface area contributed by atoms with Crippen LogP contribution in [0.15, 0.2) is 66.1 Å². The fraction of sp³-hybridized carbons (Fsp3) is 0.691. The van der Waals surface area contributed by atoms with E-state index in [0.29, 0.717) is 94.7 Å². The van der Waals surface area contributed by atoms with E-state index in [1.165, 1.54) is 142 Å². The molecule has 24 heteroatoms. The summed E-state index contributed by atoms with van der Waals surface area (Å²) in [7, 11) is 0. The number of Topliss-reactive ketones (excluding diaryl/α,β-unsaturated/α-hetero) is 3. The molecule has 8 aliphatic carbocycles. The molecule has 6 heterocycles. The van der Waals surface area contributed by atoms with E-state index in [1.54, 1.807) is 67.1 Å². The summed E-state index contributed by atoms with van der Waals surface area (Å²) in [5, 5.41) is 19.6. The second-order valence-corrected chi connectivity index (χ2v) is 34.0. The van der Waals surface area contributed by atoms with E-state index >= 15 is 0 Å². The van der Waals surface area contributed by atoms with Crippen LogP contribution in [0.4, 0.5) is 35.3 Å². The normalized spacial score (nSPS) is 27.7. The minimum Gasteiger partial charge on any atom is -0.480 e. The SMILES string of the molecule is C.CC(C)(C)OC(=O)N1[C@@H]2C[C@@H]2C[C@H]1C(=O)CC1CCCCC1.CC(C)(C)OC(=O)N1[C@@H]2C[C@@H]2C[C@H]1C(=O)O.NC(=O)n1cc(N=O)c2ccccc21.NC(=O)n1cc(NC(=O)N2[C@@H]3C[C@@H]3C[C@H]2C(=O)CC2CCCCC2)c2ccccc21.NC1CCCCC1.O=C(CC1CCCCC1)[C@@H]1C[C@H]2C[C@H]2N1. The first-order valence-electron chi connectivity index (χ1n) is 39.2. The number of aliphatic carboxylic acids is 1. The molecule has 576 valence electrons. The Morgan fingerprint density at radius 1 is 0.505 bits per heavy atom. The number of hydrogen-bond acceptors (Lipinski definition) is 15. The average Bonchev–Trinajstić information content (AvgIpc) is 1.57. The van der Waals surface area contributed by atoms with Crippen LogP contribution in [0, 0.1) is 46.3 Å². The fourth-order valence-corrected chi connectivity index (χ4v) is 17.8. The van der Waals surface area contributed by atoms with Crippen molar-refractivity contribution in [3.8, 4) is 0 Å². The molecule has 24 nitrogen and oxygen atoms in total. The van der Waals surface area contributed by atoms with Crippen LogP contribution < -0.4 is 27.8 Å². The van der Waals surface area contributed by atoms with Crippen molar-refractivity contribution in [3.63, 3.8) is 0 Å². The predicted octanol–water partition coefficient (Wildman–Crippen LogP) is 15.7. The van der Waals surface area contributed by atoms with Gasteiger partial charge in [0.1, 0.15) is 28.7 Å². The quantitative estimate of drug-likeness (QED) is 0.0718. The first-order chi connectivity index (χ1) is 49.6. The van der Waals surface area contributed by atoms with Gasteiger partial charge in [0.05, 0.1) is 34.8 Å². The lowest BCUT2D eigenvalue weighted by molar-refractivity contribution is -0.142. The minimum absolute atomic E-state index is 0. The molecule has 4 aliphatic heterocycles. The molecule has 4 saturated heterocycles. The lowest BCUT2D eigenvalue weighted by atomic mass is 9.84. The van der Waals surface area contributed by atoms with Crippen molar-refractivity contribution < 1.29 is 57.7 Å². The number of primary amides is 2. The zero-order chi connectivity index (χ0) is 74.3. The predicted molar refractivity (Wildman–Crippen MR) is 405 cm³/mol. The summed E-state index contributed by atoms with van der Waals surface area (Å²) in [4.78, 5) is 124. The summed E-state index contributed by atoms with van der Waals surface area (Å²) in [6.45, 7) is 11.0. The largest absolute Gasteiger partial charge is 0.480 e. The summed E-state index contributed by atoms with van der Waals surface area (Å²) in [5.41, 5.74) is 17.2. The fourth-order valence-electron chi connectivity index (χ4n) is 17.8. The Bertz CT molecular complexity index is 3730. The first-order valence-corrected chi connectivity index (χ1v) is 39.2. The van der Waals surface area contributed by atoms with E-state index in [9.17, 15) is 48.1 Å². The maximum atomic E-state index is 13.2. The maximum absolute atomic E-state index is 13.2. The highest BCUT2D eigenvalue weighted by Gasteiger charge is 2.59. The number of nitroso groups, excluding NO2 is 1. The van der Waals surface area contributed by atoms with Crippen molar-refractivity contribution >= 4 is 86.8 Å². The maximum Gasteiger partial charge on any atom is 0.411 e. The van der Waals surface area contributed by atoms with Crippen molar-refractivity contribution in [2.45, 2.75) is 314 Å². The van der Waals surface area contributed by atoms with Crippen LogP contribution in [-0.4, -0.2) is 148 Å². The number of aromatic nitrogens is 2. The number of carbonyl (C=O) groups is 9. The van der Waals surface area contributed by atoms with E-state index in [2.05, 4.69) is 15.8 Å². The highest BCUT2D eigenvalue weighted by atomic mass is 16.6. The van der Waals surface area contributed by atoms with Gasteiger partial charge in [0.2, 0.25) is 0 Å². The number of para-hydroxylation sites is 2. The number of carboxylic acids is 1. The second-order valence-electron chi connectivity index (χ2n) is 34.0. The van der Waals surface area contributed by atoms with E-state index < -0.39 is 41.4 Å². The molecular weight excluding hydrogens is 1330 g/mol. The van der Waals surface area contributed by atoms with Crippen LogP contribution in [-0.2, 0) is 28.7 Å². The smallest absolute Gasteiger partial charge is 0.411 e. The number of piperidine rings is 4. The van der Waals surface area contributed by atoms with Gasteiger partial charge in [0.15, 0.2) is 11.6 Å². The van der Waals surface area contributed by atoms with Crippen LogP contribution in [0.3, 0.4) is 0 Å². The standard InChI is InChI=1S/C23H28N4O3.C18H29NO3.C13H21NO.C11H17NO4.C9H7N3O2.C6H13N.CH4/c24-22(29)26-13-17(16-8-4-5-9-18(16)26)25-23(30)27-19-11-15(19)12-20(27)21(28)10-14-6-2-1-3-7-14;1-18(2,3)22-17(21)19-14-10-13(14)11-15(19)16(20)9-12-7-5-4-6-8-12;15-13(6-9-4-2-1-3-5-9)12-8-10-7-11(10)14-12;1-11(2,3)16-10(15)12-7-4-6(7)5-8(12)9(13)14;10-9(13)12-5-7(11-14)6-3-1-2-4-8(6)12;7-6-4-2-1-3-5-6;/h4-5,8-9,13-15,19-20H,1-3,6-7,10-12H2,(H2,24,29)(H,25,30);12-15H,4-11H2,1-3H3;9-12,14H,1-8H2;6-8H,4-5H2,1-3H3,(H,13,14);1-5H,(H2,10,13);6H,1-5,7H2;1H4/t15-,19-,20+;13-,14-,15+;10-,11-,12+;6-,7-,8+;;;/m1111.../s1. The summed E-state index contributed by atoms with van der Waals surface area (Å²) in [5.74, 6) is 3.99. The average molecular weight is 1450 g/mol. The molecule has 0 radical (unpaired) electrons. The highest BCUT2D eigenvalue weighted by Crippen LogP contribution is 2.52. The number of nitrogens with zero attached hydrogens (tertiary/aromatic N) is 6. The molecule has 0 bridgehead atoms. The van der Waals surface area contributed by atoms with Gasteiger partial charge >= 0.3 is 36.2 Å². The lowest BCUT2D eigenvalue weighted by Gasteiger charge is -2.31. The molecule has 12 fully saturated rings. The highest BCUT2D eigenvalue weighted by molar-refractivity contribution is 6.06. The molecule has 12 atom stereocenters. The molecule has 8 saturated carbocycles. The number of likely N-dealkylation sites (tertiary alicyclic amines) is 3. The van der Waals surface area contributed by atoms with Gasteiger partial charge in [-0.25, -0.2) is 28.8 Å². The molecule has 12 aliphatic rings. The number of ketones is 3. The third-order valence-electron chi connectivity index (χ3n) is 23.6. The summed E-state index contributed by atoms with van der Waals surface area (Å²) in [6, 6.07) is 13.5. The van der Waals surface area contributed by atoms with Crippen LogP contribution in [0.25, 0.3) is 21.8 Å². The summed E-state index contributed by atoms with van der Waals surface area (Å²) < 4.78 is 13.3. The van der Waals surface area contributed by atoms with Gasteiger partial charge in [-0.05, 0) is 164 Å². The van der Waals surface area contributed by atoms with Gasteiger partial charge in [-0.1, -0.05) is 159 Å². The zero-order valence-corrected chi connectivity index (χ0v) is 62.2. The number of anilines is 1. The number of nitrogens with one attached hydrogen (secondary N) is 2. The molecule has 16 rings (SSSR count). The molecule has 2 aromatic heterocycles. The Labute approximate surface area is 619 Å². The van der Waals surface area contributed by atoms with Crippen molar-refractivity contribution in [1.82, 2.24) is 29.2 Å². The number of carboxylic acid groups (broad SMARTS) is 1. The minimum atomic E-state index is -0.932. The van der Waals surface area contributed by atoms with Crippen LogP contribution in [0.1, 0.15) is 248 Å². The van der Waals surface area contributed by atoms with Gasteiger partial charge < -0.3 is 47.3 Å². The number of carbonyl (C=O) groups excluding carboxylic acids is 8. The molecule has 4 aromatic rings. The second kappa shape index (κ2) is 34.9. The Hall–Kier alpha value is -7.73. The zero-order valence-electron chi connectivity index (χ0n) is 62.2. The number of fused-ring (bicyclic) bond motifs is 6. The number of amides is 6. The van der Waals surface area contributed by atoms with Crippen LogP contribution in [0.5, 0.6) is 0 Å². The molecule has 2 aromatic carbocycles. The summed E-state index contributed by atoms with van der Waals surface area (Å²) in [6.07, 6.45) is 37.3. The topological polar surface area (TPSA) is 343 Å². The Morgan fingerprint density at radius 3 is 1.32 bits per heavy atom. The molecule has 6 amide bonds. The monoisotopic (exact) mass is 1450 g/mol. The van der Waals surface area contributed by atoms with Crippen molar-refractivity contribution in [2.75, 3.05) is 5.32 Å². The van der Waals surface area contributed by atoms with E-state index in [0.717, 1.165) is 69.1 Å². The first kappa shape index (κ1) is 79.8. The molecular formula is C81H119N11O13. The van der Waals surface area contributed by atoms with E-state index in [4.69, 9.17) is 31.8 Å². The third kappa shape index (κ3) is 20.9. The van der Waals surface area contributed by atoms with Crippen molar-refractivity contribution in [1.29, 1.82) is 0 Å². The number of benzene rings is 2. The molecule has 105 heavy (non-hydrogen) atoms. The third-order valence-corrected chi connectivity index (χ3v) is 23.6. The van der Waals surface area contributed by atoms with Gasteiger partial charge in [-0.3, -0.25) is 33.3 Å². The van der Waals surface area contributed by atoms with Gasteiger partial charge in [-0.15, -0.1) is 4.91 Å². The van der Waals surface area contributed by atoms with Gasteiger partial charge in [-0.2, -0.15) is 0 Å². The number of nitrogens with two attached hydrogens (primary N) is 3.